The van der Waals surface area contributed by atoms with Crippen LogP contribution in [0.25, 0.3) is 0 Å². The molecule has 2 aromatic rings. The Balaban J connectivity index is 1.57. The SMILES string of the molecule is COc1ccc([C@H]2OCC[C@@H]2NC(=O)CSc2ccccc2C)cn1. The van der Waals surface area contributed by atoms with Gasteiger partial charge in [-0.3, -0.25) is 4.79 Å². The molecule has 1 aliphatic heterocycles. The molecule has 0 bridgehead atoms. The standard InChI is InChI=1S/C19H22N2O3S/c1-13-5-3-4-6-16(13)25-12-17(22)21-15-9-10-24-19(15)14-7-8-18(23-2)20-11-14/h3-8,11,15,19H,9-10,12H2,1-2H3,(H,21,22)/t15-,19+/m0/s1. The van der Waals surface area contributed by atoms with E-state index in [0.717, 1.165) is 16.9 Å². The van der Waals surface area contributed by atoms with Crippen LogP contribution < -0.4 is 10.1 Å². The number of hydrogen-bond acceptors (Lipinski definition) is 5. The van der Waals surface area contributed by atoms with Crippen LogP contribution in [-0.2, 0) is 9.53 Å². The van der Waals surface area contributed by atoms with Crippen LogP contribution >= 0.6 is 11.8 Å². The zero-order chi connectivity index (χ0) is 17.6. The van der Waals surface area contributed by atoms with Crippen molar-refractivity contribution in [2.45, 2.75) is 30.4 Å². The molecule has 1 fully saturated rings. The maximum absolute atomic E-state index is 12.3. The molecular weight excluding hydrogens is 336 g/mol. The summed E-state index contributed by atoms with van der Waals surface area (Å²) in [7, 11) is 1.59. The van der Waals surface area contributed by atoms with E-state index in [0.29, 0.717) is 18.2 Å². The van der Waals surface area contributed by atoms with Crippen LogP contribution in [0.15, 0.2) is 47.5 Å². The van der Waals surface area contributed by atoms with E-state index in [1.54, 1.807) is 25.1 Å². The summed E-state index contributed by atoms with van der Waals surface area (Å²) in [6.07, 6.45) is 2.39. The van der Waals surface area contributed by atoms with Crippen LogP contribution in [-0.4, -0.2) is 36.4 Å². The molecule has 1 amide bonds. The van der Waals surface area contributed by atoms with E-state index in [9.17, 15) is 4.79 Å². The third-order valence-corrected chi connectivity index (χ3v) is 5.36. The number of amides is 1. The lowest BCUT2D eigenvalue weighted by Gasteiger charge is -2.20. The predicted octanol–water partition coefficient (Wildman–Crippen LogP) is 3.14. The van der Waals surface area contributed by atoms with E-state index in [1.807, 2.05) is 30.3 Å². The first-order valence-corrected chi connectivity index (χ1v) is 9.25. The molecule has 1 aromatic carbocycles. The Labute approximate surface area is 152 Å². The molecule has 0 unspecified atom stereocenters. The molecule has 2 atom stereocenters. The van der Waals surface area contributed by atoms with Gasteiger partial charge in [-0.15, -0.1) is 11.8 Å². The van der Waals surface area contributed by atoms with E-state index in [1.165, 1.54) is 5.56 Å². The van der Waals surface area contributed by atoms with Crippen LogP contribution in [0.1, 0.15) is 23.7 Å². The van der Waals surface area contributed by atoms with Gasteiger partial charge >= 0.3 is 0 Å². The maximum Gasteiger partial charge on any atom is 0.230 e. The van der Waals surface area contributed by atoms with Crippen LogP contribution in [0.2, 0.25) is 0 Å². The fourth-order valence-electron chi connectivity index (χ4n) is 2.86. The van der Waals surface area contributed by atoms with Gasteiger partial charge in [0.15, 0.2) is 0 Å². The van der Waals surface area contributed by atoms with Gasteiger partial charge < -0.3 is 14.8 Å². The molecule has 132 valence electrons. The highest BCUT2D eigenvalue weighted by Crippen LogP contribution is 2.30. The van der Waals surface area contributed by atoms with Crippen molar-refractivity contribution in [2.75, 3.05) is 19.5 Å². The topological polar surface area (TPSA) is 60.5 Å². The summed E-state index contributed by atoms with van der Waals surface area (Å²) in [6.45, 7) is 2.68. The highest BCUT2D eigenvalue weighted by molar-refractivity contribution is 8.00. The van der Waals surface area contributed by atoms with Gasteiger partial charge in [0.2, 0.25) is 11.8 Å². The molecule has 0 saturated carbocycles. The number of nitrogens with zero attached hydrogens (tertiary/aromatic N) is 1. The number of aryl methyl sites for hydroxylation is 1. The second-order valence-electron chi connectivity index (χ2n) is 5.94. The Kier molecular flexibility index (Phi) is 5.94. The summed E-state index contributed by atoms with van der Waals surface area (Å²) in [5.74, 6) is 0.988. The lowest BCUT2D eigenvalue weighted by Crippen LogP contribution is -2.37. The number of nitrogens with one attached hydrogen (secondary N) is 1. The van der Waals surface area contributed by atoms with Crippen LogP contribution in [0, 0.1) is 6.92 Å². The molecule has 0 spiro atoms. The van der Waals surface area contributed by atoms with Crippen molar-refractivity contribution in [3.63, 3.8) is 0 Å². The van der Waals surface area contributed by atoms with Gasteiger partial charge in [-0.2, -0.15) is 0 Å². The maximum atomic E-state index is 12.3. The average molecular weight is 358 g/mol. The van der Waals surface area contributed by atoms with Crippen molar-refractivity contribution in [1.29, 1.82) is 0 Å². The minimum absolute atomic E-state index is 0.0234. The first-order valence-electron chi connectivity index (χ1n) is 8.26. The van der Waals surface area contributed by atoms with Crippen molar-refractivity contribution in [3.05, 3.63) is 53.7 Å². The summed E-state index contributed by atoms with van der Waals surface area (Å²) >= 11 is 1.56. The lowest BCUT2D eigenvalue weighted by atomic mass is 10.0. The summed E-state index contributed by atoms with van der Waals surface area (Å²) in [6, 6.07) is 11.8. The Morgan fingerprint density at radius 2 is 2.20 bits per heavy atom. The number of benzene rings is 1. The van der Waals surface area contributed by atoms with E-state index >= 15 is 0 Å². The van der Waals surface area contributed by atoms with Crippen LogP contribution in [0.4, 0.5) is 0 Å². The van der Waals surface area contributed by atoms with Crippen molar-refractivity contribution in [3.8, 4) is 5.88 Å². The summed E-state index contributed by atoms with van der Waals surface area (Å²) in [5, 5.41) is 3.10. The number of hydrogen-bond donors (Lipinski definition) is 1. The minimum atomic E-state index is -0.161. The number of aromatic nitrogens is 1. The number of rotatable bonds is 6. The van der Waals surface area contributed by atoms with Crippen molar-refractivity contribution in [1.82, 2.24) is 10.3 Å². The smallest absolute Gasteiger partial charge is 0.230 e. The zero-order valence-corrected chi connectivity index (χ0v) is 15.2. The molecule has 3 rings (SSSR count). The second kappa shape index (κ2) is 8.36. The van der Waals surface area contributed by atoms with Gasteiger partial charge in [0, 0.05) is 29.3 Å². The van der Waals surface area contributed by atoms with E-state index in [4.69, 9.17) is 9.47 Å². The Morgan fingerprint density at radius 3 is 2.92 bits per heavy atom. The molecule has 1 saturated heterocycles. The summed E-state index contributed by atoms with van der Waals surface area (Å²) in [5.41, 5.74) is 2.14. The monoisotopic (exact) mass is 358 g/mol. The van der Waals surface area contributed by atoms with Gasteiger partial charge in [0.05, 0.1) is 18.9 Å². The van der Waals surface area contributed by atoms with Crippen molar-refractivity contribution >= 4 is 17.7 Å². The van der Waals surface area contributed by atoms with Crippen molar-refractivity contribution < 1.29 is 14.3 Å². The second-order valence-corrected chi connectivity index (χ2v) is 6.96. The molecule has 1 N–H and O–H groups in total. The number of carbonyl (C=O) groups is 1. The Morgan fingerprint density at radius 1 is 1.36 bits per heavy atom. The fourth-order valence-corrected chi connectivity index (χ4v) is 3.70. The molecule has 0 aliphatic carbocycles. The third-order valence-electron chi connectivity index (χ3n) is 4.19. The van der Waals surface area contributed by atoms with Crippen LogP contribution in [0.3, 0.4) is 0 Å². The van der Waals surface area contributed by atoms with Gasteiger partial charge in [0.1, 0.15) is 6.10 Å². The first-order chi connectivity index (χ1) is 12.2. The third kappa shape index (κ3) is 4.52. The van der Waals surface area contributed by atoms with Crippen molar-refractivity contribution in [2.24, 2.45) is 0 Å². The lowest BCUT2D eigenvalue weighted by molar-refractivity contribution is -0.119. The molecule has 6 heteroatoms. The summed E-state index contributed by atoms with van der Waals surface area (Å²) in [4.78, 5) is 17.7. The number of thioether (sulfide) groups is 1. The average Bonchev–Trinajstić information content (AvgIpc) is 3.09. The molecule has 0 radical (unpaired) electrons. The largest absolute Gasteiger partial charge is 0.481 e. The van der Waals surface area contributed by atoms with E-state index < -0.39 is 0 Å². The molecule has 1 aliphatic rings. The van der Waals surface area contributed by atoms with Gasteiger partial charge in [-0.1, -0.05) is 18.2 Å². The minimum Gasteiger partial charge on any atom is -0.481 e. The normalized spacial score (nSPS) is 19.6. The van der Waals surface area contributed by atoms with Gasteiger partial charge in [-0.05, 0) is 31.0 Å². The van der Waals surface area contributed by atoms with Crippen LogP contribution in [0.5, 0.6) is 5.88 Å². The number of carbonyl (C=O) groups excluding carboxylic acids is 1. The number of methoxy groups -OCH3 is 1. The Hall–Kier alpha value is -2.05. The zero-order valence-electron chi connectivity index (χ0n) is 14.4. The van der Waals surface area contributed by atoms with Gasteiger partial charge in [-0.25, -0.2) is 4.98 Å². The highest BCUT2D eigenvalue weighted by Gasteiger charge is 2.31. The van der Waals surface area contributed by atoms with E-state index in [-0.39, 0.29) is 18.1 Å². The molecule has 25 heavy (non-hydrogen) atoms. The Bertz CT molecular complexity index is 721. The number of ether oxygens (including phenoxy) is 2. The molecular formula is C19H22N2O3S. The van der Waals surface area contributed by atoms with E-state index in [2.05, 4.69) is 23.3 Å². The highest BCUT2D eigenvalue weighted by atomic mass is 32.2. The first kappa shape index (κ1) is 17.8. The summed E-state index contributed by atoms with van der Waals surface area (Å²) < 4.78 is 10.9. The molecule has 5 nitrogen and oxygen atoms in total. The fraction of sp³-hybridized carbons (Fsp3) is 0.368. The van der Waals surface area contributed by atoms with Gasteiger partial charge in [0.25, 0.3) is 0 Å². The number of pyridine rings is 1. The molecule has 1 aromatic heterocycles. The predicted molar refractivity (Wildman–Crippen MR) is 97.9 cm³/mol. The quantitative estimate of drug-likeness (QED) is 0.804. The molecule has 2 heterocycles.